The van der Waals surface area contributed by atoms with E-state index in [1.807, 2.05) is 24.3 Å². The third-order valence-electron chi connectivity index (χ3n) is 4.02. The summed E-state index contributed by atoms with van der Waals surface area (Å²) in [6.07, 6.45) is 2.85. The van der Waals surface area contributed by atoms with Crippen LogP contribution in [0.5, 0.6) is 5.75 Å². The molecule has 1 aromatic heterocycles. The minimum atomic E-state index is 0.147. The average molecular weight is 309 g/mol. The number of unbranched alkanes of at least 4 members (excludes halogenated alkanes) is 1. The SMILES string of the molecule is CCCCOc1ccc(-n2c(CCO)cc3ccccc32)cc1. The van der Waals surface area contributed by atoms with Crippen molar-refractivity contribution >= 4 is 10.9 Å². The van der Waals surface area contributed by atoms with Gasteiger partial charge < -0.3 is 14.4 Å². The van der Waals surface area contributed by atoms with Crippen LogP contribution >= 0.6 is 0 Å². The molecule has 0 unspecified atom stereocenters. The summed E-state index contributed by atoms with van der Waals surface area (Å²) in [5, 5.41) is 10.5. The molecule has 0 radical (unpaired) electrons. The first-order chi connectivity index (χ1) is 11.3. The lowest BCUT2D eigenvalue weighted by Crippen LogP contribution is -2.02. The number of aliphatic hydroxyl groups is 1. The number of ether oxygens (including phenoxy) is 1. The molecule has 3 aromatic rings. The lowest BCUT2D eigenvalue weighted by molar-refractivity contribution is 0.297. The molecule has 23 heavy (non-hydrogen) atoms. The first kappa shape index (κ1) is 15.6. The minimum Gasteiger partial charge on any atom is -0.494 e. The Labute approximate surface area is 137 Å². The van der Waals surface area contributed by atoms with E-state index < -0.39 is 0 Å². The van der Waals surface area contributed by atoms with Crippen molar-refractivity contribution in [1.29, 1.82) is 0 Å². The van der Waals surface area contributed by atoms with E-state index in [1.54, 1.807) is 0 Å². The van der Waals surface area contributed by atoms with Gasteiger partial charge in [0, 0.05) is 29.8 Å². The van der Waals surface area contributed by atoms with Crippen molar-refractivity contribution in [3.8, 4) is 11.4 Å². The van der Waals surface area contributed by atoms with Crippen molar-refractivity contribution in [2.24, 2.45) is 0 Å². The highest BCUT2D eigenvalue weighted by atomic mass is 16.5. The standard InChI is InChI=1S/C20H23NO2/c1-2-3-14-23-19-10-8-17(9-11-19)21-18(12-13-22)15-16-6-4-5-7-20(16)21/h4-11,15,22H,2-3,12-14H2,1H3. The van der Waals surface area contributed by atoms with Crippen molar-refractivity contribution in [2.45, 2.75) is 26.2 Å². The molecule has 0 aliphatic heterocycles. The number of nitrogens with zero attached hydrogens (tertiary/aromatic N) is 1. The van der Waals surface area contributed by atoms with Crippen LogP contribution in [-0.4, -0.2) is 22.9 Å². The molecule has 3 rings (SSSR count). The van der Waals surface area contributed by atoms with Gasteiger partial charge in [0.2, 0.25) is 0 Å². The topological polar surface area (TPSA) is 34.4 Å². The van der Waals surface area contributed by atoms with E-state index in [9.17, 15) is 5.11 Å². The number of hydrogen-bond donors (Lipinski definition) is 1. The van der Waals surface area contributed by atoms with Gasteiger partial charge in [-0.3, -0.25) is 0 Å². The molecule has 1 heterocycles. The molecule has 120 valence electrons. The van der Waals surface area contributed by atoms with Gasteiger partial charge in [-0.15, -0.1) is 0 Å². The molecule has 3 nitrogen and oxygen atoms in total. The second-order valence-corrected chi connectivity index (χ2v) is 5.70. The fourth-order valence-electron chi connectivity index (χ4n) is 2.84. The van der Waals surface area contributed by atoms with Crippen LogP contribution in [0.1, 0.15) is 25.5 Å². The van der Waals surface area contributed by atoms with Gasteiger partial charge in [-0.2, -0.15) is 0 Å². The third-order valence-corrected chi connectivity index (χ3v) is 4.02. The van der Waals surface area contributed by atoms with Gasteiger partial charge in [-0.05, 0) is 42.8 Å². The summed E-state index contributed by atoms with van der Waals surface area (Å²) >= 11 is 0. The number of benzene rings is 2. The number of aliphatic hydroxyl groups excluding tert-OH is 1. The Kier molecular flexibility index (Phi) is 4.99. The van der Waals surface area contributed by atoms with Crippen LogP contribution in [0.2, 0.25) is 0 Å². The van der Waals surface area contributed by atoms with Crippen molar-refractivity contribution in [2.75, 3.05) is 13.2 Å². The summed E-state index contributed by atoms with van der Waals surface area (Å²) in [6, 6.07) is 18.6. The molecule has 0 saturated heterocycles. The van der Waals surface area contributed by atoms with E-state index in [4.69, 9.17) is 4.74 Å². The highest BCUT2D eigenvalue weighted by Gasteiger charge is 2.10. The Morgan fingerprint density at radius 1 is 1.04 bits per heavy atom. The van der Waals surface area contributed by atoms with E-state index >= 15 is 0 Å². The van der Waals surface area contributed by atoms with E-state index in [0.717, 1.165) is 42.1 Å². The largest absolute Gasteiger partial charge is 0.494 e. The summed E-state index contributed by atoms with van der Waals surface area (Å²) in [7, 11) is 0. The predicted octanol–water partition coefficient (Wildman–Crippen LogP) is 4.34. The molecular formula is C20H23NO2. The van der Waals surface area contributed by atoms with Crippen LogP contribution in [0.25, 0.3) is 16.6 Å². The molecule has 0 aliphatic carbocycles. The van der Waals surface area contributed by atoms with Crippen LogP contribution in [0.15, 0.2) is 54.6 Å². The summed E-state index contributed by atoms with van der Waals surface area (Å²) < 4.78 is 7.94. The summed E-state index contributed by atoms with van der Waals surface area (Å²) in [4.78, 5) is 0. The number of para-hydroxylation sites is 1. The Hall–Kier alpha value is -2.26. The Morgan fingerprint density at radius 2 is 1.83 bits per heavy atom. The zero-order valence-corrected chi connectivity index (χ0v) is 13.5. The number of aromatic nitrogens is 1. The quantitative estimate of drug-likeness (QED) is 0.659. The molecule has 0 aliphatic rings. The van der Waals surface area contributed by atoms with E-state index in [1.165, 1.54) is 5.39 Å². The fraction of sp³-hybridized carbons (Fsp3) is 0.300. The van der Waals surface area contributed by atoms with Crippen LogP contribution < -0.4 is 4.74 Å². The molecular weight excluding hydrogens is 286 g/mol. The third kappa shape index (κ3) is 3.40. The van der Waals surface area contributed by atoms with Crippen LogP contribution in [0, 0.1) is 0 Å². The van der Waals surface area contributed by atoms with Crippen LogP contribution in [0.3, 0.4) is 0 Å². The van der Waals surface area contributed by atoms with E-state index in [2.05, 4.69) is 41.8 Å². The minimum absolute atomic E-state index is 0.147. The summed E-state index contributed by atoms with van der Waals surface area (Å²) in [5.41, 5.74) is 3.38. The maximum atomic E-state index is 9.35. The van der Waals surface area contributed by atoms with Crippen LogP contribution in [0.4, 0.5) is 0 Å². The second kappa shape index (κ2) is 7.34. The molecule has 1 N–H and O–H groups in total. The number of fused-ring (bicyclic) bond motifs is 1. The molecule has 0 spiro atoms. The van der Waals surface area contributed by atoms with E-state index in [0.29, 0.717) is 6.42 Å². The van der Waals surface area contributed by atoms with Gasteiger partial charge in [-0.25, -0.2) is 0 Å². The molecule has 2 aromatic carbocycles. The Balaban J connectivity index is 1.94. The van der Waals surface area contributed by atoms with Gasteiger partial charge in [0.05, 0.1) is 12.1 Å². The van der Waals surface area contributed by atoms with Gasteiger partial charge in [0.1, 0.15) is 5.75 Å². The number of rotatable bonds is 7. The summed E-state index contributed by atoms with van der Waals surface area (Å²) in [5.74, 6) is 0.905. The highest BCUT2D eigenvalue weighted by molar-refractivity contribution is 5.83. The zero-order valence-electron chi connectivity index (χ0n) is 13.5. The first-order valence-electron chi connectivity index (χ1n) is 8.27. The van der Waals surface area contributed by atoms with Crippen molar-refractivity contribution < 1.29 is 9.84 Å². The lowest BCUT2D eigenvalue weighted by Gasteiger charge is -2.12. The smallest absolute Gasteiger partial charge is 0.119 e. The molecule has 0 fully saturated rings. The van der Waals surface area contributed by atoms with E-state index in [-0.39, 0.29) is 6.61 Å². The number of hydrogen-bond acceptors (Lipinski definition) is 2. The van der Waals surface area contributed by atoms with Gasteiger partial charge in [0.25, 0.3) is 0 Å². The Morgan fingerprint density at radius 3 is 2.57 bits per heavy atom. The molecule has 0 bridgehead atoms. The molecule has 0 atom stereocenters. The summed E-state index contributed by atoms with van der Waals surface area (Å²) in [6.45, 7) is 3.07. The van der Waals surface area contributed by atoms with Gasteiger partial charge >= 0.3 is 0 Å². The molecule has 3 heteroatoms. The molecule has 0 amide bonds. The van der Waals surface area contributed by atoms with Crippen molar-refractivity contribution in [1.82, 2.24) is 4.57 Å². The average Bonchev–Trinajstić information content (AvgIpc) is 2.94. The fourth-order valence-corrected chi connectivity index (χ4v) is 2.84. The highest BCUT2D eigenvalue weighted by Crippen LogP contribution is 2.26. The lowest BCUT2D eigenvalue weighted by atomic mass is 10.2. The predicted molar refractivity (Wildman–Crippen MR) is 94.5 cm³/mol. The normalized spacial score (nSPS) is 11.0. The van der Waals surface area contributed by atoms with Gasteiger partial charge in [-0.1, -0.05) is 31.5 Å². The first-order valence-corrected chi connectivity index (χ1v) is 8.27. The van der Waals surface area contributed by atoms with Crippen molar-refractivity contribution in [3.05, 3.63) is 60.3 Å². The Bertz CT molecular complexity index is 759. The monoisotopic (exact) mass is 309 g/mol. The second-order valence-electron chi connectivity index (χ2n) is 5.70. The van der Waals surface area contributed by atoms with Gasteiger partial charge in [0.15, 0.2) is 0 Å². The molecule has 0 saturated carbocycles. The zero-order chi connectivity index (χ0) is 16.1. The van der Waals surface area contributed by atoms with Crippen molar-refractivity contribution in [3.63, 3.8) is 0 Å². The maximum Gasteiger partial charge on any atom is 0.119 e. The van der Waals surface area contributed by atoms with Crippen LogP contribution in [-0.2, 0) is 6.42 Å². The maximum absolute atomic E-state index is 9.35.